The van der Waals surface area contributed by atoms with Crippen molar-refractivity contribution in [3.05, 3.63) is 63.6 Å². The highest BCUT2D eigenvalue weighted by Gasteiger charge is 2.42. The fraction of sp³-hybridized carbons (Fsp3) is 0.409. The first kappa shape index (κ1) is 19.7. The summed E-state index contributed by atoms with van der Waals surface area (Å²) in [6.07, 6.45) is 4.97. The van der Waals surface area contributed by atoms with Gasteiger partial charge in [-0.2, -0.15) is 0 Å². The van der Waals surface area contributed by atoms with Gasteiger partial charge in [0.05, 0.1) is 11.2 Å². The molecule has 0 amide bonds. The fourth-order valence-electron chi connectivity index (χ4n) is 4.71. The number of para-hydroxylation sites is 1. The summed E-state index contributed by atoms with van der Waals surface area (Å²) in [5, 5.41) is 5.00. The molecular weight excluding hydrogens is 391 g/mol. The lowest BCUT2D eigenvalue weighted by Gasteiger charge is -2.44. The van der Waals surface area contributed by atoms with Crippen LogP contribution in [0.15, 0.2) is 47.5 Å². The second kappa shape index (κ2) is 8.03. The zero-order valence-electron chi connectivity index (χ0n) is 15.8. The highest BCUT2D eigenvalue weighted by atomic mass is 35.5. The van der Waals surface area contributed by atoms with E-state index in [4.69, 9.17) is 34.7 Å². The van der Waals surface area contributed by atoms with Gasteiger partial charge < -0.3 is 16.8 Å². The zero-order chi connectivity index (χ0) is 19.7. The summed E-state index contributed by atoms with van der Waals surface area (Å²) >= 11 is 12.2. The maximum Gasteiger partial charge on any atom is 0.102 e. The number of halogens is 2. The molecule has 1 fully saturated rings. The SMILES string of the molecule is NC1=Nc2ccccc2C(N)(C2CCC(NCc3cc(Cl)cc(Cl)c3)CC2)C1. The molecule has 148 valence electrons. The molecule has 0 bridgehead atoms. The van der Waals surface area contributed by atoms with Crippen molar-refractivity contribution < 1.29 is 0 Å². The highest BCUT2D eigenvalue weighted by Crippen LogP contribution is 2.45. The molecule has 0 spiro atoms. The first-order chi connectivity index (χ1) is 13.4. The van der Waals surface area contributed by atoms with E-state index >= 15 is 0 Å². The van der Waals surface area contributed by atoms with Gasteiger partial charge in [0.1, 0.15) is 5.84 Å². The van der Waals surface area contributed by atoms with Crippen LogP contribution in [0.2, 0.25) is 10.0 Å². The molecule has 6 heteroatoms. The summed E-state index contributed by atoms with van der Waals surface area (Å²) in [5.74, 6) is 1.04. The number of hydrogen-bond donors (Lipinski definition) is 3. The normalized spacial score (nSPS) is 27.2. The van der Waals surface area contributed by atoms with Gasteiger partial charge in [0.2, 0.25) is 0 Å². The molecule has 1 aliphatic carbocycles. The van der Waals surface area contributed by atoms with E-state index < -0.39 is 5.54 Å². The van der Waals surface area contributed by atoms with E-state index in [0.717, 1.165) is 49.0 Å². The number of hydrogen-bond acceptors (Lipinski definition) is 4. The third-order valence-corrected chi connectivity index (χ3v) is 6.55. The molecule has 0 saturated heterocycles. The second-order valence-electron chi connectivity index (χ2n) is 8.04. The zero-order valence-corrected chi connectivity index (χ0v) is 17.3. The van der Waals surface area contributed by atoms with Crippen LogP contribution in [-0.2, 0) is 12.1 Å². The molecule has 0 aromatic heterocycles. The minimum absolute atomic E-state index is 0.404. The smallest absolute Gasteiger partial charge is 0.102 e. The molecule has 4 rings (SSSR count). The number of nitrogens with two attached hydrogens (primary N) is 2. The molecule has 28 heavy (non-hydrogen) atoms. The van der Waals surface area contributed by atoms with Crippen LogP contribution in [0.4, 0.5) is 5.69 Å². The van der Waals surface area contributed by atoms with E-state index in [1.165, 1.54) is 0 Å². The predicted octanol–water partition coefficient (Wildman–Crippen LogP) is 4.89. The summed E-state index contributed by atoms with van der Waals surface area (Å²) in [7, 11) is 0. The van der Waals surface area contributed by atoms with Crippen molar-refractivity contribution in [3.8, 4) is 0 Å². The Morgan fingerprint density at radius 2 is 1.71 bits per heavy atom. The van der Waals surface area contributed by atoms with E-state index in [1.807, 2.05) is 30.3 Å². The minimum atomic E-state index is -0.423. The number of aliphatic imine (C=N–C) groups is 1. The van der Waals surface area contributed by atoms with Crippen molar-refractivity contribution in [3.63, 3.8) is 0 Å². The summed E-state index contributed by atoms with van der Waals surface area (Å²) < 4.78 is 0. The quantitative estimate of drug-likeness (QED) is 0.663. The van der Waals surface area contributed by atoms with Gasteiger partial charge in [-0.3, -0.25) is 0 Å². The van der Waals surface area contributed by atoms with E-state index in [-0.39, 0.29) is 0 Å². The Bertz CT molecular complexity index is 870. The Hall–Kier alpha value is -1.59. The van der Waals surface area contributed by atoms with Crippen molar-refractivity contribution in [1.29, 1.82) is 0 Å². The van der Waals surface area contributed by atoms with Crippen molar-refractivity contribution in [2.75, 3.05) is 0 Å². The number of nitrogens with one attached hydrogen (secondary N) is 1. The first-order valence-electron chi connectivity index (χ1n) is 9.84. The number of nitrogens with zero attached hydrogens (tertiary/aromatic N) is 1. The minimum Gasteiger partial charge on any atom is -0.387 e. The van der Waals surface area contributed by atoms with Gasteiger partial charge in [0.15, 0.2) is 0 Å². The van der Waals surface area contributed by atoms with Gasteiger partial charge >= 0.3 is 0 Å². The molecule has 4 nitrogen and oxygen atoms in total. The predicted molar refractivity (Wildman–Crippen MR) is 117 cm³/mol. The Balaban J connectivity index is 1.39. The van der Waals surface area contributed by atoms with Crippen LogP contribution in [0, 0.1) is 5.92 Å². The molecule has 2 aromatic carbocycles. The Labute approximate surface area is 176 Å². The van der Waals surface area contributed by atoms with Crippen molar-refractivity contribution >= 4 is 34.7 Å². The topological polar surface area (TPSA) is 76.4 Å². The van der Waals surface area contributed by atoms with Gasteiger partial charge in [-0.05, 0) is 67.0 Å². The Morgan fingerprint density at radius 3 is 2.43 bits per heavy atom. The average molecular weight is 417 g/mol. The largest absolute Gasteiger partial charge is 0.387 e. The number of rotatable bonds is 4. The molecule has 2 aliphatic rings. The van der Waals surface area contributed by atoms with Crippen molar-refractivity contribution in [1.82, 2.24) is 5.32 Å². The number of fused-ring (bicyclic) bond motifs is 1. The number of benzene rings is 2. The van der Waals surface area contributed by atoms with Gasteiger partial charge in [-0.25, -0.2) is 4.99 Å². The van der Waals surface area contributed by atoms with E-state index in [0.29, 0.717) is 34.3 Å². The van der Waals surface area contributed by atoms with Gasteiger partial charge in [-0.1, -0.05) is 41.4 Å². The maximum atomic E-state index is 6.97. The van der Waals surface area contributed by atoms with Crippen LogP contribution >= 0.6 is 23.2 Å². The molecule has 1 aliphatic heterocycles. The molecule has 5 N–H and O–H groups in total. The van der Waals surface area contributed by atoms with E-state index in [9.17, 15) is 0 Å². The first-order valence-corrected chi connectivity index (χ1v) is 10.6. The Morgan fingerprint density at radius 1 is 1.04 bits per heavy atom. The van der Waals surface area contributed by atoms with Gasteiger partial charge in [0.25, 0.3) is 0 Å². The molecule has 1 saturated carbocycles. The molecule has 0 radical (unpaired) electrons. The third-order valence-electron chi connectivity index (χ3n) is 6.12. The molecule has 1 unspecified atom stereocenters. The molecule has 1 heterocycles. The maximum absolute atomic E-state index is 6.97. The molecule has 1 atom stereocenters. The lowest BCUT2D eigenvalue weighted by atomic mass is 9.67. The lowest BCUT2D eigenvalue weighted by Crippen LogP contribution is -2.50. The number of amidine groups is 1. The van der Waals surface area contributed by atoms with Crippen molar-refractivity contribution in [2.24, 2.45) is 22.4 Å². The second-order valence-corrected chi connectivity index (χ2v) is 8.92. The average Bonchev–Trinajstić information content (AvgIpc) is 2.66. The van der Waals surface area contributed by atoms with Crippen LogP contribution < -0.4 is 16.8 Å². The van der Waals surface area contributed by atoms with Crippen LogP contribution in [0.3, 0.4) is 0 Å². The van der Waals surface area contributed by atoms with Crippen LogP contribution in [0.5, 0.6) is 0 Å². The monoisotopic (exact) mass is 416 g/mol. The highest BCUT2D eigenvalue weighted by molar-refractivity contribution is 6.34. The summed E-state index contributed by atoms with van der Waals surface area (Å²) in [4.78, 5) is 4.51. The van der Waals surface area contributed by atoms with Crippen LogP contribution in [0.25, 0.3) is 0 Å². The van der Waals surface area contributed by atoms with Crippen LogP contribution in [-0.4, -0.2) is 11.9 Å². The van der Waals surface area contributed by atoms with Crippen molar-refractivity contribution in [2.45, 2.75) is 50.2 Å². The summed E-state index contributed by atoms with van der Waals surface area (Å²) in [6.45, 7) is 0.770. The van der Waals surface area contributed by atoms with E-state index in [2.05, 4.69) is 16.4 Å². The molecular formula is C22H26Cl2N4. The fourth-order valence-corrected chi connectivity index (χ4v) is 5.28. The van der Waals surface area contributed by atoms with Crippen LogP contribution in [0.1, 0.15) is 43.2 Å². The van der Waals surface area contributed by atoms with Gasteiger partial charge in [-0.15, -0.1) is 0 Å². The standard InChI is InChI=1S/C22H26Cl2N4/c23-16-9-14(10-17(24)11-16)13-27-18-7-5-15(6-8-18)22(26)12-21(25)28-20-4-2-1-3-19(20)22/h1-4,9-11,15,18,27H,5-8,12-13,26H2,(H2,25,28). The summed E-state index contributed by atoms with van der Waals surface area (Å²) in [6, 6.07) is 14.3. The third kappa shape index (κ3) is 4.06. The van der Waals surface area contributed by atoms with E-state index in [1.54, 1.807) is 6.07 Å². The lowest BCUT2D eigenvalue weighted by molar-refractivity contribution is 0.186. The molecule has 2 aromatic rings. The Kier molecular flexibility index (Phi) is 5.66. The summed E-state index contributed by atoms with van der Waals surface area (Å²) in [5.41, 5.74) is 15.8. The van der Waals surface area contributed by atoms with Gasteiger partial charge in [0, 0.05) is 29.1 Å².